The van der Waals surface area contributed by atoms with Gasteiger partial charge in [0.1, 0.15) is 5.75 Å². The predicted octanol–water partition coefficient (Wildman–Crippen LogP) is 1.94. The molecule has 6 heteroatoms. The molecule has 0 radical (unpaired) electrons. The van der Waals surface area contributed by atoms with E-state index in [1.165, 1.54) is 0 Å². The van der Waals surface area contributed by atoms with Gasteiger partial charge in [-0.05, 0) is 29.8 Å². The van der Waals surface area contributed by atoms with Crippen LogP contribution in [0.25, 0.3) is 11.0 Å². The minimum Gasteiger partial charge on any atom is -0.493 e. The Hall–Kier alpha value is -3.02. The SMILES string of the molecule is O=C(CCOc1ccccc1)NCc1ccc2[nH]c(=O)[nH]c2c1. The number of fused-ring (bicyclic) bond motifs is 1. The number of ether oxygens (including phenoxy) is 1. The third kappa shape index (κ3) is 4.00. The van der Waals surface area contributed by atoms with E-state index in [1.54, 1.807) is 0 Å². The van der Waals surface area contributed by atoms with Gasteiger partial charge in [0.2, 0.25) is 5.91 Å². The Bertz CT molecular complexity index is 852. The number of imidazole rings is 1. The summed E-state index contributed by atoms with van der Waals surface area (Å²) in [5.41, 5.74) is 2.17. The average molecular weight is 311 g/mol. The number of rotatable bonds is 6. The largest absolute Gasteiger partial charge is 0.493 e. The van der Waals surface area contributed by atoms with Gasteiger partial charge in [-0.15, -0.1) is 0 Å². The highest BCUT2D eigenvalue weighted by molar-refractivity contribution is 5.77. The zero-order valence-corrected chi connectivity index (χ0v) is 12.5. The summed E-state index contributed by atoms with van der Waals surface area (Å²) < 4.78 is 5.48. The predicted molar refractivity (Wildman–Crippen MR) is 87.3 cm³/mol. The number of carbonyl (C=O) groups excluding carboxylic acids is 1. The van der Waals surface area contributed by atoms with Crippen LogP contribution in [0.1, 0.15) is 12.0 Å². The van der Waals surface area contributed by atoms with Crippen LogP contribution in [0, 0.1) is 0 Å². The zero-order valence-electron chi connectivity index (χ0n) is 12.5. The van der Waals surface area contributed by atoms with E-state index in [-0.39, 0.29) is 18.0 Å². The van der Waals surface area contributed by atoms with Gasteiger partial charge >= 0.3 is 5.69 Å². The van der Waals surface area contributed by atoms with E-state index in [0.29, 0.717) is 13.2 Å². The average Bonchev–Trinajstić information content (AvgIpc) is 2.93. The molecule has 0 aliphatic heterocycles. The summed E-state index contributed by atoms with van der Waals surface area (Å²) >= 11 is 0. The second kappa shape index (κ2) is 6.83. The molecule has 23 heavy (non-hydrogen) atoms. The van der Waals surface area contributed by atoms with Crippen LogP contribution in [-0.2, 0) is 11.3 Å². The van der Waals surface area contributed by atoms with E-state index >= 15 is 0 Å². The first-order valence-corrected chi connectivity index (χ1v) is 7.36. The highest BCUT2D eigenvalue weighted by Gasteiger charge is 2.04. The Morgan fingerprint density at radius 3 is 2.65 bits per heavy atom. The van der Waals surface area contributed by atoms with Gasteiger partial charge in [-0.1, -0.05) is 24.3 Å². The molecule has 0 aliphatic carbocycles. The van der Waals surface area contributed by atoms with Crippen LogP contribution in [0.3, 0.4) is 0 Å². The Balaban J connectivity index is 1.47. The summed E-state index contributed by atoms with van der Waals surface area (Å²) in [4.78, 5) is 28.4. The first-order chi connectivity index (χ1) is 11.2. The zero-order chi connectivity index (χ0) is 16.1. The molecule has 0 saturated carbocycles. The Labute approximate surface area is 132 Å². The monoisotopic (exact) mass is 311 g/mol. The summed E-state index contributed by atoms with van der Waals surface area (Å²) in [7, 11) is 0. The van der Waals surface area contributed by atoms with Crippen molar-refractivity contribution >= 4 is 16.9 Å². The topological polar surface area (TPSA) is 87.0 Å². The van der Waals surface area contributed by atoms with Crippen LogP contribution in [-0.4, -0.2) is 22.5 Å². The van der Waals surface area contributed by atoms with Crippen molar-refractivity contribution in [2.45, 2.75) is 13.0 Å². The van der Waals surface area contributed by atoms with Gasteiger partial charge in [0.15, 0.2) is 0 Å². The van der Waals surface area contributed by atoms with Crippen molar-refractivity contribution in [1.29, 1.82) is 0 Å². The van der Waals surface area contributed by atoms with Crippen molar-refractivity contribution in [3.05, 3.63) is 64.6 Å². The van der Waals surface area contributed by atoms with Crippen molar-refractivity contribution in [1.82, 2.24) is 15.3 Å². The van der Waals surface area contributed by atoms with Crippen molar-refractivity contribution < 1.29 is 9.53 Å². The van der Waals surface area contributed by atoms with E-state index in [0.717, 1.165) is 22.3 Å². The third-order valence-corrected chi connectivity index (χ3v) is 3.41. The highest BCUT2D eigenvalue weighted by atomic mass is 16.5. The minimum atomic E-state index is -0.237. The van der Waals surface area contributed by atoms with E-state index in [4.69, 9.17) is 4.74 Å². The van der Waals surface area contributed by atoms with Crippen molar-refractivity contribution in [3.63, 3.8) is 0 Å². The highest BCUT2D eigenvalue weighted by Crippen LogP contribution is 2.10. The molecule has 3 aromatic rings. The molecule has 1 heterocycles. The maximum absolute atomic E-state index is 11.8. The van der Waals surface area contributed by atoms with Crippen molar-refractivity contribution in [3.8, 4) is 5.75 Å². The lowest BCUT2D eigenvalue weighted by Crippen LogP contribution is -2.24. The molecule has 1 aromatic heterocycles. The number of benzene rings is 2. The molecule has 0 bridgehead atoms. The fourth-order valence-corrected chi connectivity index (χ4v) is 2.26. The number of amides is 1. The Kier molecular flexibility index (Phi) is 4.42. The molecular weight excluding hydrogens is 294 g/mol. The number of H-pyrrole nitrogens is 2. The Morgan fingerprint density at radius 2 is 1.83 bits per heavy atom. The number of nitrogens with one attached hydrogen (secondary N) is 3. The second-order valence-electron chi connectivity index (χ2n) is 5.15. The molecule has 118 valence electrons. The molecule has 3 N–H and O–H groups in total. The maximum atomic E-state index is 11.8. The summed E-state index contributed by atoms with van der Waals surface area (Å²) in [5.74, 6) is 0.672. The van der Waals surface area contributed by atoms with Crippen LogP contribution >= 0.6 is 0 Å². The second-order valence-corrected chi connectivity index (χ2v) is 5.15. The van der Waals surface area contributed by atoms with Gasteiger partial charge < -0.3 is 20.0 Å². The standard InChI is InChI=1S/C17H17N3O3/c21-16(8-9-23-13-4-2-1-3-5-13)18-11-12-6-7-14-15(10-12)20-17(22)19-14/h1-7,10H,8-9,11H2,(H,18,21)(H2,19,20,22). The number of carbonyl (C=O) groups is 1. The van der Waals surface area contributed by atoms with E-state index in [2.05, 4.69) is 15.3 Å². The summed E-state index contributed by atoms with van der Waals surface area (Å²) in [6.45, 7) is 0.743. The summed E-state index contributed by atoms with van der Waals surface area (Å²) in [6, 6.07) is 14.9. The number of hydrogen-bond donors (Lipinski definition) is 3. The normalized spacial score (nSPS) is 10.6. The van der Waals surface area contributed by atoms with Gasteiger partial charge in [0.25, 0.3) is 0 Å². The molecular formula is C17H17N3O3. The van der Waals surface area contributed by atoms with Gasteiger partial charge in [0.05, 0.1) is 24.1 Å². The van der Waals surface area contributed by atoms with Crippen LogP contribution in [0.2, 0.25) is 0 Å². The summed E-state index contributed by atoms with van der Waals surface area (Å²) in [6.07, 6.45) is 0.290. The van der Waals surface area contributed by atoms with Gasteiger partial charge in [0, 0.05) is 6.54 Å². The first kappa shape index (κ1) is 14.9. The number of aromatic amines is 2. The lowest BCUT2D eigenvalue weighted by atomic mass is 10.2. The minimum absolute atomic E-state index is 0.0800. The number of aromatic nitrogens is 2. The van der Waals surface area contributed by atoms with Crippen LogP contribution in [0.15, 0.2) is 53.3 Å². The number of para-hydroxylation sites is 1. The molecule has 0 unspecified atom stereocenters. The third-order valence-electron chi connectivity index (χ3n) is 3.41. The smallest absolute Gasteiger partial charge is 0.323 e. The lowest BCUT2D eigenvalue weighted by Gasteiger charge is -2.07. The molecule has 2 aromatic carbocycles. The van der Waals surface area contributed by atoms with Crippen molar-refractivity contribution in [2.75, 3.05) is 6.61 Å². The molecule has 0 saturated heterocycles. The molecule has 0 atom stereocenters. The molecule has 0 spiro atoms. The first-order valence-electron chi connectivity index (χ1n) is 7.36. The van der Waals surface area contributed by atoms with Crippen LogP contribution < -0.4 is 15.7 Å². The fourth-order valence-electron chi connectivity index (χ4n) is 2.26. The maximum Gasteiger partial charge on any atom is 0.323 e. The molecule has 1 amide bonds. The Morgan fingerprint density at radius 1 is 1.04 bits per heavy atom. The van der Waals surface area contributed by atoms with Gasteiger partial charge in [-0.2, -0.15) is 0 Å². The summed E-state index contributed by atoms with van der Waals surface area (Å²) in [5, 5.41) is 2.84. The van der Waals surface area contributed by atoms with Gasteiger partial charge in [-0.25, -0.2) is 4.79 Å². The molecule has 0 aliphatic rings. The quantitative estimate of drug-likeness (QED) is 0.650. The van der Waals surface area contributed by atoms with E-state index in [1.807, 2.05) is 48.5 Å². The van der Waals surface area contributed by atoms with Crippen LogP contribution in [0.5, 0.6) is 5.75 Å². The van der Waals surface area contributed by atoms with Gasteiger partial charge in [-0.3, -0.25) is 4.79 Å². The molecule has 6 nitrogen and oxygen atoms in total. The fraction of sp³-hybridized carbons (Fsp3) is 0.176. The molecule has 0 fully saturated rings. The van der Waals surface area contributed by atoms with Crippen molar-refractivity contribution in [2.24, 2.45) is 0 Å². The van der Waals surface area contributed by atoms with E-state index in [9.17, 15) is 9.59 Å². The number of hydrogen-bond acceptors (Lipinski definition) is 3. The lowest BCUT2D eigenvalue weighted by molar-refractivity contribution is -0.121. The molecule has 3 rings (SSSR count). The van der Waals surface area contributed by atoms with E-state index < -0.39 is 0 Å². The van der Waals surface area contributed by atoms with Crippen LogP contribution in [0.4, 0.5) is 0 Å².